The number of hydrogen-bond acceptors (Lipinski definition) is 8. The molecule has 2 amide bonds. The number of ether oxygens (including phenoxy) is 2. The van der Waals surface area contributed by atoms with E-state index >= 15 is 0 Å². The van der Waals surface area contributed by atoms with Gasteiger partial charge in [-0.2, -0.15) is 5.10 Å². The smallest absolute Gasteiger partial charge is 0.335 e. The quantitative estimate of drug-likeness (QED) is 0.319. The van der Waals surface area contributed by atoms with Crippen LogP contribution in [0, 0.1) is 0 Å². The van der Waals surface area contributed by atoms with Crippen molar-refractivity contribution in [3.8, 4) is 11.5 Å². The van der Waals surface area contributed by atoms with Crippen molar-refractivity contribution in [1.29, 1.82) is 0 Å². The Hall–Kier alpha value is -4.62. The minimum absolute atomic E-state index is 0.101. The van der Waals surface area contributed by atoms with Crippen molar-refractivity contribution < 1.29 is 38.9 Å². The monoisotopic (exact) mass is 613 g/mol. The lowest BCUT2D eigenvalue weighted by Crippen LogP contribution is -2.45. The first-order valence-electron chi connectivity index (χ1n) is 13.5. The maximum Gasteiger partial charge on any atom is 0.335 e. The van der Waals surface area contributed by atoms with Crippen molar-refractivity contribution >= 4 is 35.9 Å². The number of nitrogens with zero attached hydrogens (tertiary/aromatic N) is 3. The van der Waals surface area contributed by atoms with Gasteiger partial charge in [-0.25, -0.2) is 4.79 Å². The zero-order chi connectivity index (χ0) is 31.1. The highest BCUT2D eigenvalue weighted by molar-refractivity contribution is 6.30. The van der Waals surface area contributed by atoms with Crippen LogP contribution in [-0.4, -0.2) is 81.0 Å². The van der Waals surface area contributed by atoms with Crippen LogP contribution in [0.5, 0.6) is 11.5 Å². The summed E-state index contributed by atoms with van der Waals surface area (Å²) in [5.74, 6) is -1.35. The Bertz CT molecular complexity index is 1490. The molecule has 4 bridgehead atoms. The topological polar surface area (TPSA) is 172 Å². The van der Waals surface area contributed by atoms with Crippen LogP contribution < -0.4 is 20.1 Å². The third-order valence-electron chi connectivity index (χ3n) is 7.01. The molecule has 6 rings (SSSR count). The van der Waals surface area contributed by atoms with Crippen molar-refractivity contribution in [1.82, 2.24) is 25.3 Å². The SMILES string of the molecule is CCc1nn(C)c(Cl)c1CN1C[C@@H]2NC(=O)c3cc(cc(C(=O)O)c3)OCC(=O)NCc3ccc(cc3)O[C@H]2C1.O=CO. The van der Waals surface area contributed by atoms with Gasteiger partial charge >= 0.3 is 5.97 Å². The van der Waals surface area contributed by atoms with E-state index < -0.39 is 24.0 Å². The fourth-order valence-electron chi connectivity index (χ4n) is 4.95. The molecular formula is C29H32ClN5O8. The van der Waals surface area contributed by atoms with E-state index in [1.807, 2.05) is 31.2 Å². The molecule has 43 heavy (non-hydrogen) atoms. The number of aromatic carboxylic acids is 1. The van der Waals surface area contributed by atoms with Gasteiger partial charge in [0.15, 0.2) is 6.61 Å². The first-order valence-corrected chi connectivity index (χ1v) is 13.8. The number of likely N-dealkylation sites (tertiary alicyclic amines) is 1. The predicted octanol–water partition coefficient (Wildman–Crippen LogP) is 2.11. The number of aromatic nitrogens is 2. The number of hydrogen-bond donors (Lipinski definition) is 4. The second-order valence-electron chi connectivity index (χ2n) is 9.99. The van der Waals surface area contributed by atoms with Crippen LogP contribution in [-0.2, 0) is 36.1 Å². The summed E-state index contributed by atoms with van der Waals surface area (Å²) in [4.78, 5) is 48.0. The van der Waals surface area contributed by atoms with Crippen molar-refractivity contribution in [3.63, 3.8) is 0 Å². The van der Waals surface area contributed by atoms with Gasteiger partial charge in [0.2, 0.25) is 0 Å². The minimum atomic E-state index is -1.22. The summed E-state index contributed by atoms with van der Waals surface area (Å²) in [7, 11) is 1.81. The molecule has 1 fully saturated rings. The van der Waals surface area contributed by atoms with Gasteiger partial charge < -0.3 is 30.3 Å². The first-order chi connectivity index (χ1) is 20.6. The standard InChI is InChI=1S/C28H30ClN5O6.CH2O2/c1-3-22-21(26(29)33(2)32-22)12-34-13-23-24(14-34)40-19-6-4-16(5-7-19)11-30-25(35)15-39-20-9-17(27(36)31-23)8-18(10-20)28(37)38;2-1-3/h4-10,23-24H,3,11-15H2,1-2H3,(H,30,35)(H,31,36)(H,37,38);1H,(H,2,3)/t23-,24-;/m0./s1. The number of halogens is 1. The Kier molecular flexibility index (Phi) is 10.2. The zero-order valence-corrected chi connectivity index (χ0v) is 24.3. The third kappa shape index (κ3) is 7.81. The Morgan fingerprint density at radius 3 is 2.56 bits per heavy atom. The molecule has 3 aliphatic rings. The van der Waals surface area contributed by atoms with Gasteiger partial charge in [0.1, 0.15) is 22.8 Å². The van der Waals surface area contributed by atoms with Gasteiger partial charge in [0, 0.05) is 44.4 Å². The summed E-state index contributed by atoms with van der Waals surface area (Å²) in [5.41, 5.74) is 2.70. The largest absolute Gasteiger partial charge is 0.487 e. The number of carbonyl (C=O) groups excluding carboxylic acids is 2. The average molecular weight is 614 g/mol. The molecule has 3 aliphatic heterocycles. The molecule has 0 unspecified atom stereocenters. The molecule has 1 aromatic heterocycles. The summed E-state index contributed by atoms with van der Waals surface area (Å²) < 4.78 is 13.6. The number of amides is 2. The number of benzene rings is 2. The lowest BCUT2D eigenvalue weighted by Gasteiger charge is -2.21. The Morgan fingerprint density at radius 1 is 1.16 bits per heavy atom. The number of aryl methyl sites for hydroxylation is 2. The van der Waals surface area contributed by atoms with E-state index in [9.17, 15) is 19.5 Å². The molecule has 2 atom stereocenters. The summed E-state index contributed by atoms with van der Waals surface area (Å²) in [6.45, 7) is 3.26. The Morgan fingerprint density at radius 2 is 1.88 bits per heavy atom. The highest BCUT2D eigenvalue weighted by atomic mass is 35.5. The molecule has 13 nitrogen and oxygen atoms in total. The predicted molar refractivity (Wildman–Crippen MR) is 154 cm³/mol. The fourth-order valence-corrected chi connectivity index (χ4v) is 5.16. The third-order valence-corrected chi connectivity index (χ3v) is 7.49. The van der Waals surface area contributed by atoms with Gasteiger partial charge in [0.25, 0.3) is 18.3 Å². The molecule has 0 spiro atoms. The molecule has 228 valence electrons. The molecule has 4 heterocycles. The lowest BCUT2D eigenvalue weighted by atomic mass is 10.1. The normalized spacial score (nSPS) is 18.6. The molecule has 0 aliphatic carbocycles. The fraction of sp³-hybridized carbons (Fsp3) is 0.345. The van der Waals surface area contributed by atoms with Crippen molar-refractivity contribution in [3.05, 3.63) is 75.6 Å². The van der Waals surface area contributed by atoms with Crippen LogP contribution in [0.2, 0.25) is 5.15 Å². The maximum absolute atomic E-state index is 13.4. The van der Waals surface area contributed by atoms with Crippen LogP contribution >= 0.6 is 11.6 Å². The van der Waals surface area contributed by atoms with E-state index in [-0.39, 0.29) is 42.4 Å². The summed E-state index contributed by atoms with van der Waals surface area (Å²) in [6.07, 6.45) is 0.338. The van der Waals surface area contributed by atoms with Crippen LogP contribution in [0.4, 0.5) is 0 Å². The van der Waals surface area contributed by atoms with Crippen molar-refractivity contribution in [2.75, 3.05) is 19.7 Å². The van der Waals surface area contributed by atoms with Gasteiger partial charge in [-0.05, 0) is 42.3 Å². The van der Waals surface area contributed by atoms with Gasteiger partial charge in [-0.1, -0.05) is 30.7 Å². The second kappa shape index (κ2) is 14.0. The van der Waals surface area contributed by atoms with E-state index in [2.05, 4.69) is 20.6 Å². The Labute approximate surface area is 252 Å². The molecule has 14 heteroatoms. The molecule has 0 radical (unpaired) electrons. The lowest BCUT2D eigenvalue weighted by molar-refractivity contribution is -0.123. The number of carbonyl (C=O) groups is 4. The van der Waals surface area contributed by atoms with Gasteiger partial charge in [0.05, 0.1) is 17.3 Å². The molecule has 3 aromatic rings. The van der Waals surface area contributed by atoms with E-state index in [0.29, 0.717) is 30.5 Å². The number of rotatable bonds is 4. The Balaban J connectivity index is 0.00000135. The van der Waals surface area contributed by atoms with Crippen LogP contribution in [0.15, 0.2) is 42.5 Å². The first kappa shape index (κ1) is 31.3. The number of nitrogens with one attached hydrogen (secondary N) is 2. The average Bonchev–Trinajstić information content (AvgIpc) is 3.49. The number of carboxylic acids is 1. The highest BCUT2D eigenvalue weighted by Crippen LogP contribution is 2.26. The molecule has 1 saturated heterocycles. The molecule has 4 N–H and O–H groups in total. The zero-order valence-electron chi connectivity index (χ0n) is 23.6. The maximum atomic E-state index is 13.4. The van der Waals surface area contributed by atoms with E-state index in [1.54, 1.807) is 11.7 Å². The van der Waals surface area contributed by atoms with Crippen LogP contribution in [0.3, 0.4) is 0 Å². The number of fused-ring (bicyclic) bond motifs is 7. The van der Waals surface area contributed by atoms with Crippen LogP contribution in [0.1, 0.15) is 44.5 Å². The van der Waals surface area contributed by atoms with Crippen LogP contribution in [0.25, 0.3) is 0 Å². The minimum Gasteiger partial charge on any atom is -0.487 e. The van der Waals surface area contributed by atoms with E-state index in [1.165, 1.54) is 18.2 Å². The van der Waals surface area contributed by atoms with Gasteiger partial charge in [-0.15, -0.1) is 0 Å². The van der Waals surface area contributed by atoms with E-state index in [0.717, 1.165) is 23.2 Å². The van der Waals surface area contributed by atoms with Crippen molar-refractivity contribution in [2.24, 2.45) is 7.05 Å². The van der Waals surface area contributed by atoms with Crippen molar-refractivity contribution in [2.45, 2.75) is 38.6 Å². The number of carboxylic acid groups (broad SMARTS) is 2. The van der Waals surface area contributed by atoms with Gasteiger partial charge in [-0.3, -0.25) is 24.0 Å². The summed E-state index contributed by atoms with van der Waals surface area (Å²) >= 11 is 6.55. The molecular weight excluding hydrogens is 582 g/mol. The highest BCUT2D eigenvalue weighted by Gasteiger charge is 2.37. The molecule has 0 saturated carbocycles. The summed E-state index contributed by atoms with van der Waals surface area (Å²) in [5, 5.41) is 27.3. The second-order valence-corrected chi connectivity index (χ2v) is 10.3. The molecule has 2 aromatic carbocycles. The van der Waals surface area contributed by atoms with E-state index in [4.69, 9.17) is 31.0 Å². The summed E-state index contributed by atoms with van der Waals surface area (Å²) in [6, 6.07) is 11.0.